The molecule has 3 aromatic heterocycles. The summed E-state index contributed by atoms with van der Waals surface area (Å²) in [5.41, 5.74) is 0.157. The molecule has 108 valence electrons. The quantitative estimate of drug-likeness (QED) is 0.690. The molecular formula is C13H11N3O3S2. The Hall–Kier alpha value is -2.06. The van der Waals surface area contributed by atoms with Crippen molar-refractivity contribution in [2.24, 2.45) is 0 Å². The van der Waals surface area contributed by atoms with Crippen molar-refractivity contribution in [3.63, 3.8) is 0 Å². The molecule has 8 heteroatoms. The average molecular weight is 321 g/mol. The van der Waals surface area contributed by atoms with Crippen LogP contribution in [0, 0.1) is 0 Å². The maximum Gasteiger partial charge on any atom is 0.305 e. The van der Waals surface area contributed by atoms with E-state index >= 15 is 0 Å². The highest BCUT2D eigenvalue weighted by Crippen LogP contribution is 2.28. The number of carbonyl (C=O) groups excluding carboxylic acids is 1. The summed E-state index contributed by atoms with van der Waals surface area (Å²) in [7, 11) is 0. The average Bonchev–Trinajstić information content (AvgIpc) is 3.13. The Morgan fingerprint density at radius 2 is 2.33 bits per heavy atom. The zero-order valence-corrected chi connectivity index (χ0v) is 12.7. The third-order valence-electron chi connectivity index (χ3n) is 2.70. The lowest BCUT2D eigenvalue weighted by atomic mass is 10.4. The summed E-state index contributed by atoms with van der Waals surface area (Å²) < 4.78 is 6.27. The fourth-order valence-electron chi connectivity index (χ4n) is 1.69. The predicted molar refractivity (Wildman–Crippen MR) is 80.5 cm³/mol. The van der Waals surface area contributed by atoms with E-state index in [2.05, 4.69) is 10.1 Å². The summed E-state index contributed by atoms with van der Waals surface area (Å²) in [5.74, 6) is -0.319. The first-order valence-corrected chi connectivity index (χ1v) is 7.96. The van der Waals surface area contributed by atoms with E-state index in [1.165, 1.54) is 21.9 Å². The first-order chi connectivity index (χ1) is 10.2. The predicted octanol–water partition coefficient (Wildman–Crippen LogP) is 2.33. The largest absolute Gasteiger partial charge is 0.459 e. The molecule has 3 rings (SSSR count). The Morgan fingerprint density at radius 1 is 1.48 bits per heavy atom. The number of ether oxygens (including phenoxy) is 1. The topological polar surface area (TPSA) is 73.6 Å². The van der Waals surface area contributed by atoms with Crippen molar-refractivity contribution in [2.45, 2.75) is 20.0 Å². The smallest absolute Gasteiger partial charge is 0.305 e. The molecular weight excluding hydrogens is 310 g/mol. The van der Waals surface area contributed by atoms with Gasteiger partial charge in [0, 0.05) is 12.5 Å². The van der Waals surface area contributed by atoms with Crippen LogP contribution >= 0.6 is 22.7 Å². The van der Waals surface area contributed by atoms with Crippen molar-refractivity contribution < 1.29 is 9.53 Å². The van der Waals surface area contributed by atoms with Gasteiger partial charge in [0.25, 0.3) is 5.56 Å². The minimum atomic E-state index is -0.319. The van der Waals surface area contributed by atoms with Crippen molar-refractivity contribution in [3.8, 4) is 9.88 Å². The molecule has 6 nitrogen and oxygen atoms in total. The Kier molecular flexibility index (Phi) is 3.80. The minimum absolute atomic E-state index is 0.00461. The van der Waals surface area contributed by atoms with Gasteiger partial charge in [0.05, 0.1) is 10.6 Å². The molecule has 0 aromatic carbocycles. The third kappa shape index (κ3) is 2.86. The van der Waals surface area contributed by atoms with Crippen molar-refractivity contribution in [1.82, 2.24) is 14.6 Å². The summed E-state index contributed by atoms with van der Waals surface area (Å²) in [6, 6.07) is 5.21. The highest BCUT2D eigenvalue weighted by Gasteiger charge is 2.12. The van der Waals surface area contributed by atoms with Gasteiger partial charge in [-0.15, -0.1) is 11.3 Å². The van der Waals surface area contributed by atoms with E-state index in [1.54, 1.807) is 18.3 Å². The second kappa shape index (κ2) is 5.74. The van der Waals surface area contributed by atoms with Gasteiger partial charge in [0.2, 0.25) is 4.96 Å². The van der Waals surface area contributed by atoms with Crippen LogP contribution in [0.15, 0.2) is 28.4 Å². The lowest BCUT2D eigenvalue weighted by molar-refractivity contribution is -0.144. The van der Waals surface area contributed by atoms with Crippen LogP contribution in [0.5, 0.6) is 0 Å². The van der Waals surface area contributed by atoms with Crippen molar-refractivity contribution in [3.05, 3.63) is 39.6 Å². The summed E-state index contributed by atoms with van der Waals surface area (Å²) in [5, 5.41) is 6.97. The van der Waals surface area contributed by atoms with Crippen LogP contribution in [0.3, 0.4) is 0 Å². The van der Waals surface area contributed by atoms with E-state index in [1.807, 2.05) is 17.5 Å². The van der Waals surface area contributed by atoms with Gasteiger partial charge in [-0.25, -0.2) is 4.98 Å². The molecule has 3 heterocycles. The van der Waals surface area contributed by atoms with Crippen LogP contribution in [0.2, 0.25) is 0 Å². The molecule has 0 bridgehead atoms. The fourth-order valence-corrected chi connectivity index (χ4v) is 3.40. The highest BCUT2D eigenvalue weighted by molar-refractivity contribution is 7.23. The number of rotatable bonds is 4. The Labute approximate surface area is 127 Å². The minimum Gasteiger partial charge on any atom is -0.459 e. The van der Waals surface area contributed by atoms with Crippen LogP contribution in [0.4, 0.5) is 0 Å². The van der Waals surface area contributed by atoms with Crippen LogP contribution in [-0.2, 0) is 16.1 Å². The van der Waals surface area contributed by atoms with E-state index in [4.69, 9.17) is 4.74 Å². The van der Waals surface area contributed by atoms with Gasteiger partial charge in [-0.3, -0.25) is 9.59 Å². The van der Waals surface area contributed by atoms with E-state index in [-0.39, 0.29) is 18.1 Å². The lowest BCUT2D eigenvalue weighted by Crippen LogP contribution is -2.16. The lowest BCUT2D eigenvalue weighted by Gasteiger charge is -2.01. The molecule has 0 radical (unpaired) electrons. The molecule has 0 saturated heterocycles. The molecule has 0 aliphatic carbocycles. The number of nitrogens with zero attached hydrogens (tertiary/aromatic N) is 3. The number of hydrogen-bond acceptors (Lipinski definition) is 7. The number of hydrogen-bond donors (Lipinski definition) is 0. The maximum atomic E-state index is 12.0. The molecule has 0 fully saturated rings. The molecule has 0 spiro atoms. The zero-order chi connectivity index (χ0) is 14.8. The van der Waals surface area contributed by atoms with Gasteiger partial charge < -0.3 is 4.74 Å². The van der Waals surface area contributed by atoms with Gasteiger partial charge in [-0.05, 0) is 11.4 Å². The second-order valence-corrected chi connectivity index (χ2v) is 6.08. The second-order valence-electron chi connectivity index (χ2n) is 4.18. The monoisotopic (exact) mass is 321 g/mol. The number of aromatic nitrogens is 3. The van der Waals surface area contributed by atoms with Crippen LogP contribution in [0.1, 0.15) is 19.0 Å². The fraction of sp³-hybridized carbons (Fsp3) is 0.231. The van der Waals surface area contributed by atoms with Gasteiger partial charge >= 0.3 is 5.97 Å². The van der Waals surface area contributed by atoms with Crippen molar-refractivity contribution >= 4 is 33.6 Å². The van der Waals surface area contributed by atoms with Gasteiger partial charge in [0.15, 0.2) is 5.01 Å². The molecule has 0 atom stereocenters. The first kappa shape index (κ1) is 13.9. The van der Waals surface area contributed by atoms with E-state index in [0.717, 1.165) is 9.88 Å². The first-order valence-electron chi connectivity index (χ1n) is 6.26. The Bertz CT molecular complexity index is 836. The van der Waals surface area contributed by atoms with Gasteiger partial charge in [-0.2, -0.15) is 9.61 Å². The number of esters is 1. The standard InChI is InChI=1S/C13H11N3O3S2/c1-2-11(18)19-7-8-6-10(17)16-13(14-8)21-12(15-16)9-4-3-5-20-9/h3-6H,2,7H2,1H3. The Morgan fingerprint density at radius 3 is 3.05 bits per heavy atom. The number of carbonyl (C=O) groups is 1. The SMILES string of the molecule is CCC(=O)OCc1cc(=O)n2nc(-c3cccs3)sc2n1. The van der Waals surface area contributed by atoms with Gasteiger partial charge in [-0.1, -0.05) is 24.3 Å². The summed E-state index contributed by atoms with van der Waals surface area (Å²) >= 11 is 2.89. The van der Waals surface area contributed by atoms with E-state index in [9.17, 15) is 9.59 Å². The Balaban J connectivity index is 1.96. The summed E-state index contributed by atoms with van der Waals surface area (Å²) in [6.45, 7) is 1.72. The van der Waals surface area contributed by atoms with E-state index < -0.39 is 0 Å². The van der Waals surface area contributed by atoms with Crippen LogP contribution in [0.25, 0.3) is 14.8 Å². The molecule has 0 aliphatic rings. The molecule has 0 saturated carbocycles. The van der Waals surface area contributed by atoms with Crippen molar-refractivity contribution in [1.29, 1.82) is 0 Å². The normalized spacial score (nSPS) is 10.9. The number of thiophene rings is 1. The van der Waals surface area contributed by atoms with Crippen molar-refractivity contribution in [2.75, 3.05) is 0 Å². The molecule has 3 aromatic rings. The number of fused-ring (bicyclic) bond motifs is 1. The highest BCUT2D eigenvalue weighted by atomic mass is 32.1. The van der Waals surface area contributed by atoms with Crippen LogP contribution in [-0.4, -0.2) is 20.6 Å². The molecule has 0 N–H and O–H groups in total. The van der Waals surface area contributed by atoms with Crippen LogP contribution < -0.4 is 5.56 Å². The molecule has 0 aliphatic heterocycles. The summed E-state index contributed by atoms with van der Waals surface area (Å²) in [4.78, 5) is 29.0. The zero-order valence-electron chi connectivity index (χ0n) is 11.1. The molecule has 0 amide bonds. The van der Waals surface area contributed by atoms with Gasteiger partial charge in [0.1, 0.15) is 6.61 Å². The summed E-state index contributed by atoms with van der Waals surface area (Å²) in [6.07, 6.45) is 0.296. The van der Waals surface area contributed by atoms with E-state index in [0.29, 0.717) is 17.1 Å². The molecule has 21 heavy (non-hydrogen) atoms. The molecule has 0 unspecified atom stereocenters. The third-order valence-corrected chi connectivity index (χ3v) is 4.65. The maximum absolute atomic E-state index is 12.0.